The topological polar surface area (TPSA) is 46.9 Å². The Balaban J connectivity index is 0.000000196. The van der Waals surface area contributed by atoms with Gasteiger partial charge in [-0.15, -0.1) is 0 Å². The Bertz CT molecular complexity index is 1140. The van der Waals surface area contributed by atoms with Crippen molar-refractivity contribution in [2.45, 2.75) is 135 Å². The molecule has 2 aromatic rings. The Morgan fingerprint density at radius 2 is 0.978 bits per heavy atom. The average Bonchev–Trinajstić information content (AvgIpc) is 3.07. The molecule has 2 heterocycles. The molecule has 2 unspecified atom stereocenters. The van der Waals surface area contributed by atoms with E-state index in [0.29, 0.717) is 18.0 Å². The first kappa shape index (κ1) is 37.6. The minimum atomic E-state index is -2.04. The molecular weight excluding hydrogens is 772 g/mol. The van der Waals surface area contributed by atoms with Crippen LogP contribution >= 0.6 is 22.6 Å². The van der Waals surface area contributed by atoms with E-state index in [-0.39, 0.29) is 12.2 Å². The monoisotopic (exact) mass is 836 g/mol. The number of halogens is 1. The Morgan fingerprint density at radius 3 is 1.42 bits per heavy atom. The molecule has 2 aliphatic carbocycles. The molecule has 45 heavy (non-hydrogen) atoms. The van der Waals surface area contributed by atoms with Gasteiger partial charge in [0.1, 0.15) is 0 Å². The normalized spacial score (nSPS) is 27.6. The summed E-state index contributed by atoms with van der Waals surface area (Å²) in [4.78, 5) is 14.7. The molecule has 0 aromatic heterocycles. The summed E-state index contributed by atoms with van der Waals surface area (Å²) in [6.07, 6.45) is 14.2. The first-order valence-electron chi connectivity index (χ1n) is 18.1. The van der Waals surface area contributed by atoms with Gasteiger partial charge in [0.05, 0.1) is 6.10 Å². The van der Waals surface area contributed by atoms with E-state index in [1.165, 1.54) is 88.4 Å². The molecule has 4 atom stereocenters. The summed E-state index contributed by atoms with van der Waals surface area (Å²) >= 11 is 0.111. The van der Waals surface area contributed by atoms with Crippen LogP contribution in [0.15, 0.2) is 48.5 Å². The van der Waals surface area contributed by atoms with Crippen molar-refractivity contribution in [3.63, 3.8) is 0 Å². The van der Waals surface area contributed by atoms with E-state index in [2.05, 4.69) is 103 Å². The molecule has 0 amide bonds. The number of piperidine rings is 2. The number of aryl methyl sites for hydroxylation is 1. The number of hydrogen-bond acceptors (Lipinski definition) is 4. The predicted octanol–water partition coefficient (Wildman–Crippen LogP) is 8.24. The fraction of sp³-hybridized carbons (Fsp3) is 0.692. The number of benzene rings is 2. The quantitative estimate of drug-likeness (QED) is 0.181. The minimum absolute atomic E-state index is 0.0845. The van der Waals surface area contributed by atoms with Crippen LogP contribution in [-0.2, 0) is 0 Å². The molecule has 2 aromatic carbocycles. The van der Waals surface area contributed by atoms with Crippen molar-refractivity contribution in [3.8, 4) is 0 Å². The van der Waals surface area contributed by atoms with E-state index in [9.17, 15) is 10.2 Å². The summed E-state index contributed by atoms with van der Waals surface area (Å²) < 4.78 is 1.72. The van der Waals surface area contributed by atoms with Gasteiger partial charge in [-0.25, -0.2) is 0 Å². The Morgan fingerprint density at radius 1 is 0.578 bits per heavy atom. The zero-order chi connectivity index (χ0) is 32.4. The maximum absolute atomic E-state index is 10.3. The van der Waals surface area contributed by atoms with Gasteiger partial charge in [0, 0.05) is 6.04 Å². The van der Waals surface area contributed by atoms with Crippen LogP contribution in [0.4, 0.5) is 0 Å². The molecular formula is C39H63IN2O2Sn. The van der Waals surface area contributed by atoms with Gasteiger partial charge in [0.25, 0.3) is 0 Å². The van der Waals surface area contributed by atoms with E-state index in [4.69, 9.17) is 0 Å². The molecule has 0 bridgehead atoms. The van der Waals surface area contributed by atoms with E-state index < -0.39 is 18.4 Å². The second kappa shape index (κ2) is 18.5. The van der Waals surface area contributed by atoms with Crippen LogP contribution < -0.4 is 3.58 Å². The van der Waals surface area contributed by atoms with Crippen LogP contribution in [0.1, 0.15) is 106 Å². The van der Waals surface area contributed by atoms with Gasteiger partial charge in [0.2, 0.25) is 0 Å². The summed E-state index contributed by atoms with van der Waals surface area (Å²) in [6.45, 7) is 6.87. The molecule has 4 aliphatic rings. The Hall–Kier alpha value is -0.191. The zero-order valence-corrected chi connectivity index (χ0v) is 34.1. The molecule has 2 saturated carbocycles. The van der Waals surface area contributed by atoms with Gasteiger partial charge in [-0.1, -0.05) is 59.7 Å². The van der Waals surface area contributed by atoms with E-state index in [1.54, 1.807) is 9.14 Å². The molecule has 252 valence electrons. The van der Waals surface area contributed by atoms with Crippen LogP contribution in [0.3, 0.4) is 0 Å². The SMILES string of the molecule is [11CH3]I.[11CH3]c1ccccc1C1CCN(C2CCCC[C@H]2O)CC1.[CH3][Sn]([CH3])([CH3])[c]1ccccc1C1CCN(C2CCCC[C@H]2O)CC1. The molecule has 6 heteroatoms. The molecule has 4 fully saturated rings. The standard InChI is InChI=1S/C18H27NO.C17H24NO.CH3I.3CH3.Sn/c1-14-6-2-3-7-16(14)15-10-12-19(13-11-15)17-8-4-5-9-18(17)20;19-17-9-5-4-8-16(17)18-12-10-15(11-13-18)14-6-2-1-3-7-14;1-2;;;;/h2-3,6-7,15,17-18,20H,4-5,8-13H2,1H3;1-3,6,15-17,19H,4-5,8-13H2;1H3;3*1H3;/t17?,18-;16?,17-;;;;;/m11...../s1/i1-1;;1-1;;;;. The third-order valence-electron chi connectivity index (χ3n) is 11.2. The second-order valence-corrected chi connectivity index (χ2v) is 29.5. The predicted molar refractivity (Wildman–Crippen MR) is 204 cm³/mol. The second-order valence-electron chi connectivity index (χ2n) is 15.2. The fourth-order valence-corrected chi connectivity index (χ4v) is 13.7. The van der Waals surface area contributed by atoms with Crippen molar-refractivity contribution in [2.24, 2.45) is 0 Å². The number of nitrogens with zero attached hydrogens (tertiary/aromatic N) is 2. The van der Waals surface area contributed by atoms with Crippen molar-refractivity contribution >= 4 is 44.5 Å². The van der Waals surface area contributed by atoms with E-state index in [0.717, 1.165) is 31.8 Å². The van der Waals surface area contributed by atoms with Gasteiger partial charge < -0.3 is 5.11 Å². The molecule has 4 nitrogen and oxygen atoms in total. The Labute approximate surface area is 293 Å². The summed E-state index contributed by atoms with van der Waals surface area (Å²) in [5, 5.41) is 20.5. The number of likely N-dealkylation sites (tertiary alicyclic amines) is 2. The molecule has 2 N–H and O–H groups in total. The number of aliphatic hydroxyl groups excluding tert-OH is 2. The van der Waals surface area contributed by atoms with Crippen molar-refractivity contribution in [2.75, 3.05) is 31.1 Å². The fourth-order valence-electron chi connectivity index (χ4n) is 8.70. The Kier molecular flexibility index (Phi) is 15.5. The maximum atomic E-state index is 10.3. The van der Waals surface area contributed by atoms with Gasteiger partial charge in [-0.05, 0) is 67.7 Å². The summed E-state index contributed by atoms with van der Waals surface area (Å²) in [6, 6.07) is 18.9. The first-order chi connectivity index (χ1) is 21.7. The molecule has 0 radical (unpaired) electrons. The molecule has 2 aliphatic heterocycles. The van der Waals surface area contributed by atoms with E-state index in [1.807, 2.05) is 4.93 Å². The van der Waals surface area contributed by atoms with Crippen molar-refractivity contribution in [3.05, 3.63) is 65.2 Å². The number of rotatable bonds is 5. The van der Waals surface area contributed by atoms with E-state index >= 15 is 0 Å². The van der Waals surface area contributed by atoms with Gasteiger partial charge in [0.15, 0.2) is 0 Å². The summed E-state index contributed by atoms with van der Waals surface area (Å²) in [7, 11) is 0. The number of alkyl halides is 1. The zero-order valence-electron chi connectivity index (χ0n) is 29.1. The van der Waals surface area contributed by atoms with Crippen LogP contribution in [0.5, 0.6) is 0 Å². The molecule has 6 rings (SSSR count). The van der Waals surface area contributed by atoms with Crippen LogP contribution in [0.25, 0.3) is 0 Å². The van der Waals surface area contributed by atoms with Crippen LogP contribution in [0, 0.1) is 6.92 Å². The van der Waals surface area contributed by atoms with Crippen molar-refractivity contribution < 1.29 is 10.2 Å². The third kappa shape index (κ3) is 10.4. The van der Waals surface area contributed by atoms with Crippen LogP contribution in [-0.4, -0.2) is 93.8 Å². The number of aliphatic hydroxyl groups is 2. The average molecular weight is 836 g/mol. The summed E-state index contributed by atoms with van der Waals surface area (Å²) in [5.74, 6) is 1.45. The number of hydrogen-bond donors (Lipinski definition) is 2. The summed E-state index contributed by atoms with van der Waals surface area (Å²) in [5.41, 5.74) is 4.62. The first-order valence-corrected chi connectivity index (χ1v) is 30.2. The third-order valence-corrected chi connectivity index (χ3v) is 17.1. The van der Waals surface area contributed by atoms with Gasteiger partial charge in [-0.3, -0.25) is 4.90 Å². The van der Waals surface area contributed by atoms with Crippen molar-refractivity contribution in [1.82, 2.24) is 9.80 Å². The van der Waals surface area contributed by atoms with Crippen LogP contribution in [0.2, 0.25) is 14.8 Å². The molecule has 0 spiro atoms. The molecule has 2 saturated heterocycles. The van der Waals surface area contributed by atoms with Crippen molar-refractivity contribution in [1.29, 1.82) is 0 Å². The van der Waals surface area contributed by atoms with Gasteiger partial charge >= 0.3 is 146 Å². The van der Waals surface area contributed by atoms with Gasteiger partial charge in [-0.2, -0.15) is 0 Å².